The Labute approximate surface area is 121 Å². The summed E-state index contributed by atoms with van der Waals surface area (Å²) in [6.07, 6.45) is 9.12. The van der Waals surface area contributed by atoms with Crippen LogP contribution < -0.4 is 0 Å². The van der Waals surface area contributed by atoms with Crippen molar-refractivity contribution in [2.75, 3.05) is 20.2 Å². The second-order valence-electron chi connectivity index (χ2n) is 6.22. The number of hydrogen-bond acceptors (Lipinski definition) is 3. The molecule has 2 fully saturated rings. The van der Waals surface area contributed by atoms with Gasteiger partial charge in [0.25, 0.3) is 0 Å². The van der Waals surface area contributed by atoms with Gasteiger partial charge >= 0.3 is 5.97 Å². The van der Waals surface area contributed by atoms with Gasteiger partial charge in [0.05, 0.1) is 7.11 Å². The van der Waals surface area contributed by atoms with Crippen LogP contribution >= 0.6 is 0 Å². The fourth-order valence-electron chi connectivity index (χ4n) is 3.63. The molecule has 1 heterocycles. The Balaban J connectivity index is 1.66. The zero-order valence-corrected chi connectivity index (χ0v) is 12.6. The highest BCUT2D eigenvalue weighted by molar-refractivity contribution is 5.76. The summed E-state index contributed by atoms with van der Waals surface area (Å²) in [5.41, 5.74) is 0. The second-order valence-corrected chi connectivity index (χ2v) is 6.22. The van der Waals surface area contributed by atoms with Gasteiger partial charge in [-0.15, -0.1) is 0 Å². The molecule has 1 aliphatic carbocycles. The minimum atomic E-state index is -0.180. The summed E-state index contributed by atoms with van der Waals surface area (Å²) in [5, 5.41) is 0. The molecule has 4 heteroatoms. The summed E-state index contributed by atoms with van der Waals surface area (Å²) in [7, 11) is 1.40. The molecular formula is C16H27NO3. The van der Waals surface area contributed by atoms with Crippen molar-refractivity contribution in [2.24, 2.45) is 11.8 Å². The standard InChI is InChI=1S/C16H27NO3/c1-20-16(19)9-5-4-8-15(18)17-11-10-13-6-2-3-7-14(13)12-17/h13-14H,2-12H2,1H3. The normalized spacial score (nSPS) is 25.9. The van der Waals surface area contributed by atoms with Gasteiger partial charge in [0, 0.05) is 25.9 Å². The molecule has 2 unspecified atom stereocenters. The van der Waals surface area contributed by atoms with Gasteiger partial charge in [-0.25, -0.2) is 0 Å². The van der Waals surface area contributed by atoms with E-state index in [0.717, 1.165) is 37.8 Å². The third-order valence-electron chi connectivity index (χ3n) is 4.89. The molecule has 1 saturated carbocycles. The number of ether oxygens (including phenoxy) is 1. The van der Waals surface area contributed by atoms with Gasteiger partial charge in [-0.1, -0.05) is 19.3 Å². The van der Waals surface area contributed by atoms with Crippen LogP contribution in [0.15, 0.2) is 0 Å². The SMILES string of the molecule is COC(=O)CCCCC(=O)N1CCC2CCCCC2C1. The first-order valence-electron chi connectivity index (χ1n) is 8.05. The van der Waals surface area contributed by atoms with E-state index in [2.05, 4.69) is 9.64 Å². The van der Waals surface area contributed by atoms with E-state index >= 15 is 0 Å². The second kappa shape index (κ2) is 7.65. The first kappa shape index (κ1) is 15.3. The van der Waals surface area contributed by atoms with Crippen LogP contribution in [0.2, 0.25) is 0 Å². The lowest BCUT2D eigenvalue weighted by Crippen LogP contribution is -2.44. The number of hydrogen-bond donors (Lipinski definition) is 0. The van der Waals surface area contributed by atoms with Crippen LogP contribution in [-0.2, 0) is 14.3 Å². The van der Waals surface area contributed by atoms with Crippen molar-refractivity contribution in [1.29, 1.82) is 0 Å². The van der Waals surface area contributed by atoms with E-state index in [1.165, 1.54) is 39.2 Å². The van der Waals surface area contributed by atoms with Crippen LogP contribution in [0.25, 0.3) is 0 Å². The van der Waals surface area contributed by atoms with Crippen LogP contribution in [0.4, 0.5) is 0 Å². The minimum Gasteiger partial charge on any atom is -0.469 e. The number of nitrogens with zero attached hydrogens (tertiary/aromatic N) is 1. The molecule has 0 bridgehead atoms. The van der Waals surface area contributed by atoms with Crippen LogP contribution in [0, 0.1) is 11.8 Å². The average molecular weight is 281 g/mol. The summed E-state index contributed by atoms with van der Waals surface area (Å²) in [6, 6.07) is 0. The Morgan fingerprint density at radius 1 is 1.05 bits per heavy atom. The molecule has 0 aromatic carbocycles. The quantitative estimate of drug-likeness (QED) is 0.575. The van der Waals surface area contributed by atoms with Crippen LogP contribution in [0.5, 0.6) is 0 Å². The number of carbonyl (C=O) groups excluding carboxylic acids is 2. The molecular weight excluding hydrogens is 254 g/mol. The molecule has 1 aliphatic heterocycles. The molecule has 4 nitrogen and oxygen atoms in total. The highest BCUT2D eigenvalue weighted by atomic mass is 16.5. The van der Waals surface area contributed by atoms with Gasteiger partial charge in [-0.2, -0.15) is 0 Å². The Morgan fingerprint density at radius 2 is 1.75 bits per heavy atom. The van der Waals surface area contributed by atoms with Crippen molar-refractivity contribution in [3.05, 3.63) is 0 Å². The van der Waals surface area contributed by atoms with Crippen LogP contribution in [-0.4, -0.2) is 37.0 Å². The molecule has 1 amide bonds. The molecule has 2 aliphatic rings. The van der Waals surface area contributed by atoms with Crippen molar-refractivity contribution in [2.45, 2.75) is 57.8 Å². The van der Waals surface area contributed by atoms with Crippen molar-refractivity contribution in [1.82, 2.24) is 4.90 Å². The number of carbonyl (C=O) groups is 2. The maximum Gasteiger partial charge on any atom is 0.305 e. The molecule has 0 aromatic heterocycles. The van der Waals surface area contributed by atoms with E-state index in [1.807, 2.05) is 0 Å². The third kappa shape index (κ3) is 4.22. The predicted octanol–water partition coefficient (Wildman–Crippen LogP) is 2.76. The van der Waals surface area contributed by atoms with Gasteiger partial charge in [0.2, 0.25) is 5.91 Å². The first-order chi connectivity index (χ1) is 9.70. The number of rotatable bonds is 5. The highest BCUT2D eigenvalue weighted by Gasteiger charge is 2.32. The maximum atomic E-state index is 12.2. The van der Waals surface area contributed by atoms with E-state index in [0.29, 0.717) is 12.8 Å². The molecule has 0 radical (unpaired) electrons. The summed E-state index contributed by atoms with van der Waals surface area (Å²) >= 11 is 0. The summed E-state index contributed by atoms with van der Waals surface area (Å²) in [5.74, 6) is 1.71. The van der Waals surface area contributed by atoms with Crippen molar-refractivity contribution >= 4 is 11.9 Å². The highest BCUT2D eigenvalue weighted by Crippen LogP contribution is 2.36. The Morgan fingerprint density at radius 3 is 2.50 bits per heavy atom. The number of fused-ring (bicyclic) bond motifs is 1. The number of unbranched alkanes of at least 4 members (excludes halogenated alkanes) is 1. The molecule has 114 valence electrons. The number of piperidine rings is 1. The van der Waals surface area contributed by atoms with Gasteiger partial charge in [0.1, 0.15) is 0 Å². The fraction of sp³-hybridized carbons (Fsp3) is 0.875. The lowest BCUT2D eigenvalue weighted by molar-refractivity contribution is -0.141. The fourth-order valence-corrected chi connectivity index (χ4v) is 3.63. The molecule has 2 rings (SSSR count). The molecule has 0 N–H and O–H groups in total. The Kier molecular flexibility index (Phi) is 5.86. The van der Waals surface area contributed by atoms with Crippen LogP contribution in [0.3, 0.4) is 0 Å². The third-order valence-corrected chi connectivity index (χ3v) is 4.89. The van der Waals surface area contributed by atoms with Gasteiger partial charge in [0.15, 0.2) is 0 Å². The van der Waals surface area contributed by atoms with Crippen molar-refractivity contribution < 1.29 is 14.3 Å². The lowest BCUT2D eigenvalue weighted by atomic mass is 9.75. The first-order valence-corrected chi connectivity index (χ1v) is 8.05. The summed E-state index contributed by atoms with van der Waals surface area (Å²) < 4.78 is 4.60. The van der Waals surface area contributed by atoms with Gasteiger partial charge in [-0.3, -0.25) is 9.59 Å². The Bertz CT molecular complexity index is 343. The summed E-state index contributed by atoms with van der Waals surface area (Å²) in [4.78, 5) is 25.3. The van der Waals surface area contributed by atoms with E-state index in [-0.39, 0.29) is 11.9 Å². The van der Waals surface area contributed by atoms with E-state index in [4.69, 9.17) is 0 Å². The monoisotopic (exact) mass is 281 g/mol. The van der Waals surface area contributed by atoms with E-state index < -0.39 is 0 Å². The Hall–Kier alpha value is -1.06. The topological polar surface area (TPSA) is 46.6 Å². The zero-order chi connectivity index (χ0) is 14.4. The molecule has 1 saturated heterocycles. The van der Waals surface area contributed by atoms with Gasteiger partial charge < -0.3 is 9.64 Å². The number of esters is 1. The van der Waals surface area contributed by atoms with Crippen molar-refractivity contribution in [3.8, 4) is 0 Å². The molecule has 2 atom stereocenters. The van der Waals surface area contributed by atoms with E-state index in [1.54, 1.807) is 0 Å². The lowest BCUT2D eigenvalue weighted by Gasteiger charge is -2.41. The number of methoxy groups -OCH3 is 1. The van der Waals surface area contributed by atoms with Gasteiger partial charge in [-0.05, 0) is 37.5 Å². The summed E-state index contributed by atoms with van der Waals surface area (Å²) in [6.45, 7) is 1.91. The minimum absolute atomic E-state index is 0.180. The molecule has 0 spiro atoms. The zero-order valence-electron chi connectivity index (χ0n) is 12.6. The van der Waals surface area contributed by atoms with Crippen LogP contribution in [0.1, 0.15) is 57.8 Å². The van der Waals surface area contributed by atoms with Crippen molar-refractivity contribution in [3.63, 3.8) is 0 Å². The number of likely N-dealkylation sites (tertiary alicyclic amines) is 1. The maximum absolute atomic E-state index is 12.2. The molecule has 0 aromatic rings. The largest absolute Gasteiger partial charge is 0.469 e. The predicted molar refractivity (Wildman–Crippen MR) is 77.1 cm³/mol. The number of amides is 1. The average Bonchev–Trinajstić information content (AvgIpc) is 2.50. The smallest absolute Gasteiger partial charge is 0.305 e. The van der Waals surface area contributed by atoms with E-state index in [9.17, 15) is 9.59 Å². The molecule has 20 heavy (non-hydrogen) atoms.